The Kier molecular flexibility index (Phi) is 6.22. The van der Waals surface area contributed by atoms with Gasteiger partial charge >= 0.3 is 5.97 Å². The number of nitrogens with one attached hydrogen (secondary N) is 1. The largest absolute Gasteiger partial charge is 0.481 e. The third-order valence-corrected chi connectivity index (χ3v) is 3.70. The first-order chi connectivity index (χ1) is 9.51. The fourth-order valence-electron chi connectivity index (χ4n) is 2.23. The molecule has 110 valence electrons. The maximum Gasteiger partial charge on any atom is 0.308 e. The summed E-state index contributed by atoms with van der Waals surface area (Å²) in [4.78, 5) is 23.5. The van der Waals surface area contributed by atoms with Gasteiger partial charge in [0.2, 0.25) is 5.91 Å². The molecular weight excluding hydrogens is 254 g/mol. The molecule has 0 spiro atoms. The number of amides is 1. The standard InChI is InChI=1S/C16H23NO3/c1-4-12(5-2)15(18)17-14(11(3)16(19)20)13-9-7-6-8-10-13/h6-12,14H,4-5H2,1-3H3,(H,17,18)(H,19,20). The average Bonchev–Trinajstić information content (AvgIpc) is 2.46. The Morgan fingerprint density at radius 2 is 1.70 bits per heavy atom. The van der Waals surface area contributed by atoms with Crippen LogP contribution in [0.2, 0.25) is 0 Å². The molecule has 4 heteroatoms. The van der Waals surface area contributed by atoms with Crippen LogP contribution in [0, 0.1) is 11.8 Å². The number of aliphatic carboxylic acids is 1. The fraction of sp³-hybridized carbons (Fsp3) is 0.500. The zero-order valence-electron chi connectivity index (χ0n) is 12.3. The summed E-state index contributed by atoms with van der Waals surface area (Å²) in [6.45, 7) is 5.55. The monoisotopic (exact) mass is 277 g/mol. The summed E-state index contributed by atoms with van der Waals surface area (Å²) in [6, 6.07) is 8.76. The molecule has 1 amide bonds. The summed E-state index contributed by atoms with van der Waals surface area (Å²) in [6.07, 6.45) is 1.51. The molecule has 0 bridgehead atoms. The van der Waals surface area contributed by atoms with Crippen LogP contribution < -0.4 is 5.32 Å². The van der Waals surface area contributed by atoms with Gasteiger partial charge in [0.25, 0.3) is 0 Å². The number of carbonyl (C=O) groups is 2. The van der Waals surface area contributed by atoms with Crippen LogP contribution in [0.25, 0.3) is 0 Å². The van der Waals surface area contributed by atoms with Crippen molar-refractivity contribution >= 4 is 11.9 Å². The quantitative estimate of drug-likeness (QED) is 0.805. The van der Waals surface area contributed by atoms with Crippen LogP contribution in [0.1, 0.15) is 45.2 Å². The van der Waals surface area contributed by atoms with Gasteiger partial charge in [-0.2, -0.15) is 0 Å². The Hall–Kier alpha value is -1.84. The van der Waals surface area contributed by atoms with Crippen LogP contribution in [-0.4, -0.2) is 17.0 Å². The summed E-state index contributed by atoms with van der Waals surface area (Å²) in [5.74, 6) is -1.72. The summed E-state index contributed by atoms with van der Waals surface area (Å²) >= 11 is 0. The molecule has 4 nitrogen and oxygen atoms in total. The van der Waals surface area contributed by atoms with E-state index in [1.807, 2.05) is 44.2 Å². The van der Waals surface area contributed by atoms with E-state index in [-0.39, 0.29) is 11.8 Å². The Bertz CT molecular complexity index is 440. The van der Waals surface area contributed by atoms with Gasteiger partial charge in [0.05, 0.1) is 12.0 Å². The third kappa shape index (κ3) is 4.08. The number of carboxylic acid groups (broad SMARTS) is 1. The van der Waals surface area contributed by atoms with Crippen molar-refractivity contribution in [2.45, 2.75) is 39.7 Å². The minimum atomic E-state index is -0.913. The maximum absolute atomic E-state index is 12.2. The van der Waals surface area contributed by atoms with E-state index >= 15 is 0 Å². The molecule has 0 heterocycles. The molecule has 1 aromatic rings. The lowest BCUT2D eigenvalue weighted by Gasteiger charge is -2.25. The molecule has 0 aliphatic carbocycles. The lowest BCUT2D eigenvalue weighted by atomic mass is 9.93. The number of carboxylic acids is 1. The smallest absolute Gasteiger partial charge is 0.308 e. The van der Waals surface area contributed by atoms with Gasteiger partial charge in [0.1, 0.15) is 0 Å². The van der Waals surface area contributed by atoms with Gasteiger partial charge in [0.15, 0.2) is 0 Å². The second kappa shape index (κ2) is 7.68. The van der Waals surface area contributed by atoms with E-state index in [1.165, 1.54) is 0 Å². The van der Waals surface area contributed by atoms with Crippen molar-refractivity contribution in [2.75, 3.05) is 0 Å². The number of benzene rings is 1. The van der Waals surface area contributed by atoms with E-state index in [0.29, 0.717) is 0 Å². The van der Waals surface area contributed by atoms with Gasteiger partial charge in [-0.3, -0.25) is 9.59 Å². The molecule has 1 aromatic carbocycles. The summed E-state index contributed by atoms with van der Waals surface area (Å²) in [7, 11) is 0. The molecule has 0 fully saturated rings. The molecule has 0 aliphatic rings. The van der Waals surface area contributed by atoms with Crippen LogP contribution >= 0.6 is 0 Å². The van der Waals surface area contributed by atoms with Gasteiger partial charge in [-0.25, -0.2) is 0 Å². The lowest BCUT2D eigenvalue weighted by molar-refractivity contribution is -0.142. The summed E-state index contributed by atoms with van der Waals surface area (Å²) in [5, 5.41) is 12.1. The van der Waals surface area contributed by atoms with Gasteiger partial charge in [-0.05, 0) is 25.3 Å². The minimum Gasteiger partial charge on any atom is -0.481 e. The molecule has 20 heavy (non-hydrogen) atoms. The van der Waals surface area contributed by atoms with Crippen molar-refractivity contribution in [3.8, 4) is 0 Å². The van der Waals surface area contributed by atoms with Crippen molar-refractivity contribution in [3.63, 3.8) is 0 Å². The molecule has 0 saturated carbocycles. The van der Waals surface area contributed by atoms with Crippen molar-refractivity contribution in [2.24, 2.45) is 11.8 Å². The van der Waals surface area contributed by atoms with E-state index in [4.69, 9.17) is 0 Å². The molecule has 0 aromatic heterocycles. The highest BCUT2D eigenvalue weighted by atomic mass is 16.4. The van der Waals surface area contributed by atoms with Crippen LogP contribution in [0.4, 0.5) is 0 Å². The van der Waals surface area contributed by atoms with E-state index in [0.717, 1.165) is 18.4 Å². The molecule has 0 aliphatic heterocycles. The Labute approximate surface area is 120 Å². The zero-order chi connectivity index (χ0) is 15.1. The molecule has 2 N–H and O–H groups in total. The fourth-order valence-corrected chi connectivity index (χ4v) is 2.23. The maximum atomic E-state index is 12.2. The first-order valence-corrected chi connectivity index (χ1v) is 7.09. The topological polar surface area (TPSA) is 66.4 Å². The normalized spacial score (nSPS) is 13.8. The van der Waals surface area contributed by atoms with Gasteiger partial charge in [-0.15, -0.1) is 0 Å². The average molecular weight is 277 g/mol. The Balaban J connectivity index is 2.95. The molecule has 0 radical (unpaired) electrons. The van der Waals surface area contributed by atoms with Crippen LogP contribution in [0.15, 0.2) is 30.3 Å². The van der Waals surface area contributed by atoms with E-state index in [9.17, 15) is 14.7 Å². The molecule has 1 rings (SSSR count). The molecular formula is C16H23NO3. The van der Waals surface area contributed by atoms with Gasteiger partial charge in [0, 0.05) is 5.92 Å². The number of carbonyl (C=O) groups excluding carboxylic acids is 1. The van der Waals surface area contributed by atoms with Crippen LogP contribution in [0.3, 0.4) is 0 Å². The van der Waals surface area contributed by atoms with Crippen molar-refractivity contribution in [3.05, 3.63) is 35.9 Å². The highest BCUT2D eigenvalue weighted by molar-refractivity contribution is 5.80. The van der Waals surface area contributed by atoms with Crippen LogP contribution in [0.5, 0.6) is 0 Å². The number of hydrogen-bond donors (Lipinski definition) is 2. The Morgan fingerprint density at radius 1 is 1.15 bits per heavy atom. The second-order valence-corrected chi connectivity index (χ2v) is 5.04. The summed E-state index contributed by atoms with van der Waals surface area (Å²) < 4.78 is 0. The predicted molar refractivity (Wildman–Crippen MR) is 78.2 cm³/mol. The highest BCUT2D eigenvalue weighted by Crippen LogP contribution is 2.23. The highest BCUT2D eigenvalue weighted by Gasteiger charge is 2.28. The number of hydrogen-bond acceptors (Lipinski definition) is 2. The molecule has 0 saturated heterocycles. The van der Waals surface area contributed by atoms with E-state index < -0.39 is 17.9 Å². The minimum absolute atomic E-state index is 0.0674. The molecule has 2 atom stereocenters. The van der Waals surface area contributed by atoms with Crippen molar-refractivity contribution in [1.82, 2.24) is 5.32 Å². The lowest BCUT2D eigenvalue weighted by Crippen LogP contribution is -2.38. The van der Waals surface area contributed by atoms with E-state index in [2.05, 4.69) is 5.32 Å². The first-order valence-electron chi connectivity index (χ1n) is 7.09. The first kappa shape index (κ1) is 16.2. The molecule has 2 unspecified atom stereocenters. The van der Waals surface area contributed by atoms with Gasteiger partial charge in [-0.1, -0.05) is 44.2 Å². The SMILES string of the molecule is CCC(CC)C(=O)NC(c1ccccc1)C(C)C(=O)O. The van der Waals surface area contributed by atoms with E-state index in [1.54, 1.807) is 6.92 Å². The number of rotatable bonds is 7. The predicted octanol–water partition coefficient (Wildman–Crippen LogP) is 3.00. The van der Waals surface area contributed by atoms with Crippen molar-refractivity contribution in [1.29, 1.82) is 0 Å². The third-order valence-electron chi connectivity index (χ3n) is 3.70. The van der Waals surface area contributed by atoms with Crippen LogP contribution in [-0.2, 0) is 9.59 Å². The van der Waals surface area contributed by atoms with Gasteiger partial charge < -0.3 is 10.4 Å². The summed E-state index contributed by atoms with van der Waals surface area (Å²) in [5.41, 5.74) is 0.821. The van der Waals surface area contributed by atoms with Crippen molar-refractivity contribution < 1.29 is 14.7 Å². The zero-order valence-corrected chi connectivity index (χ0v) is 12.3. The second-order valence-electron chi connectivity index (χ2n) is 5.04. The Morgan fingerprint density at radius 3 is 2.15 bits per heavy atom.